The van der Waals surface area contributed by atoms with E-state index in [1.807, 2.05) is 31.4 Å². The second kappa shape index (κ2) is 9.64. The Morgan fingerprint density at radius 3 is 2.77 bits per heavy atom. The topological polar surface area (TPSA) is 95.9 Å². The molecule has 31 heavy (non-hydrogen) atoms. The summed E-state index contributed by atoms with van der Waals surface area (Å²) in [6.07, 6.45) is 1.86. The number of pyridine rings is 1. The van der Waals surface area contributed by atoms with Gasteiger partial charge in [0.15, 0.2) is 0 Å². The molecule has 168 valence electrons. The Morgan fingerprint density at radius 2 is 2.06 bits per heavy atom. The molecule has 0 spiro atoms. The van der Waals surface area contributed by atoms with Crippen LogP contribution in [-0.4, -0.2) is 47.7 Å². The fraction of sp³-hybridized carbons (Fsp3) is 0.500. The summed E-state index contributed by atoms with van der Waals surface area (Å²) in [7, 11) is 0. The number of amides is 1. The maximum absolute atomic E-state index is 13.1. The van der Waals surface area contributed by atoms with Gasteiger partial charge in [0, 0.05) is 29.9 Å². The second-order valence-corrected chi connectivity index (χ2v) is 9.25. The van der Waals surface area contributed by atoms with E-state index in [9.17, 15) is 14.4 Å². The van der Waals surface area contributed by atoms with Crippen LogP contribution in [0, 0.1) is 0 Å². The molecule has 1 aliphatic rings. The molecule has 1 amide bonds. The van der Waals surface area contributed by atoms with Crippen LogP contribution in [0.25, 0.3) is 10.9 Å². The van der Waals surface area contributed by atoms with E-state index in [0.717, 1.165) is 11.3 Å². The third-order valence-corrected chi connectivity index (χ3v) is 5.42. The van der Waals surface area contributed by atoms with Crippen LogP contribution in [0.5, 0.6) is 5.75 Å². The molecule has 0 unspecified atom stereocenters. The highest BCUT2D eigenvalue weighted by Crippen LogP contribution is 2.33. The number of benzene rings is 1. The van der Waals surface area contributed by atoms with Gasteiger partial charge in [-0.2, -0.15) is 0 Å². The molecule has 1 N–H and O–H groups in total. The highest BCUT2D eigenvalue weighted by molar-refractivity contribution is 7.99. The van der Waals surface area contributed by atoms with E-state index in [4.69, 9.17) is 14.2 Å². The monoisotopic (exact) mass is 448 g/mol. The minimum absolute atomic E-state index is 0.0240. The predicted molar refractivity (Wildman–Crippen MR) is 119 cm³/mol. The van der Waals surface area contributed by atoms with Crippen LogP contribution in [0.1, 0.15) is 44.5 Å². The molecular weight excluding hydrogens is 420 g/mol. The van der Waals surface area contributed by atoms with E-state index < -0.39 is 17.7 Å². The van der Waals surface area contributed by atoms with Crippen molar-refractivity contribution in [2.24, 2.45) is 0 Å². The molecule has 0 fully saturated rings. The number of nitrogens with zero attached hydrogens (tertiary/aromatic N) is 1. The van der Waals surface area contributed by atoms with Gasteiger partial charge in [-0.1, -0.05) is 0 Å². The van der Waals surface area contributed by atoms with Gasteiger partial charge in [0.25, 0.3) is 0 Å². The number of carbonyl (C=O) groups excluding carboxylic acids is 2. The van der Waals surface area contributed by atoms with Crippen molar-refractivity contribution in [3.63, 3.8) is 0 Å². The van der Waals surface area contributed by atoms with Crippen LogP contribution in [0.4, 0.5) is 4.79 Å². The Hall–Kier alpha value is -2.68. The second-order valence-electron chi connectivity index (χ2n) is 8.08. The predicted octanol–water partition coefficient (Wildman–Crippen LogP) is 3.58. The van der Waals surface area contributed by atoms with Gasteiger partial charge in [0.05, 0.1) is 24.1 Å². The van der Waals surface area contributed by atoms with E-state index in [1.54, 1.807) is 19.2 Å². The molecule has 0 radical (unpaired) electrons. The lowest BCUT2D eigenvalue weighted by Crippen LogP contribution is -2.33. The van der Waals surface area contributed by atoms with Gasteiger partial charge in [0.2, 0.25) is 5.43 Å². The van der Waals surface area contributed by atoms with Gasteiger partial charge in [-0.25, -0.2) is 9.59 Å². The van der Waals surface area contributed by atoms with E-state index in [1.165, 1.54) is 11.8 Å². The maximum Gasteiger partial charge on any atom is 0.407 e. The highest BCUT2D eigenvalue weighted by Gasteiger charge is 2.21. The Labute approximate surface area is 185 Å². The summed E-state index contributed by atoms with van der Waals surface area (Å²) in [6.45, 7) is 8.89. The molecule has 0 saturated heterocycles. The van der Waals surface area contributed by atoms with Crippen molar-refractivity contribution < 1.29 is 23.8 Å². The minimum atomic E-state index is -0.621. The van der Waals surface area contributed by atoms with Crippen molar-refractivity contribution in [1.82, 2.24) is 9.88 Å². The number of nitrogens with one attached hydrogen (secondary N) is 1. The fourth-order valence-corrected chi connectivity index (χ4v) is 4.08. The van der Waals surface area contributed by atoms with Crippen LogP contribution in [0.3, 0.4) is 0 Å². The van der Waals surface area contributed by atoms with Crippen molar-refractivity contribution in [1.29, 1.82) is 0 Å². The molecule has 8 nitrogen and oxygen atoms in total. The first-order chi connectivity index (χ1) is 14.7. The van der Waals surface area contributed by atoms with Crippen LogP contribution in [0.2, 0.25) is 0 Å². The molecule has 2 aromatic rings. The number of esters is 1. The number of hydrogen-bond donors (Lipinski definition) is 1. The number of aromatic nitrogens is 1. The van der Waals surface area contributed by atoms with Gasteiger partial charge in [0.1, 0.15) is 16.9 Å². The number of rotatable bonds is 6. The molecule has 0 aliphatic carbocycles. The number of ether oxygens (including phenoxy) is 3. The number of alkyl carbamates (subject to hydrolysis) is 1. The molecule has 1 aromatic carbocycles. The van der Waals surface area contributed by atoms with Crippen molar-refractivity contribution in [2.45, 2.75) is 51.2 Å². The quantitative estimate of drug-likeness (QED) is 0.410. The van der Waals surface area contributed by atoms with Crippen LogP contribution in [0.15, 0.2) is 28.0 Å². The number of aryl methyl sites for hydroxylation is 1. The third-order valence-electron chi connectivity index (χ3n) is 4.45. The average molecular weight is 449 g/mol. The first-order valence-electron chi connectivity index (χ1n) is 10.3. The SMILES string of the molecule is CCOC(=O)c1cn2c3c(cc(SCCNC(=O)OC(C)(C)C)cc3c1=O)OCCC2. The van der Waals surface area contributed by atoms with Crippen molar-refractivity contribution >= 4 is 34.7 Å². The fourth-order valence-electron chi connectivity index (χ4n) is 3.25. The highest BCUT2D eigenvalue weighted by atomic mass is 32.2. The van der Waals surface area contributed by atoms with Gasteiger partial charge in [-0.15, -0.1) is 11.8 Å². The first-order valence-corrected chi connectivity index (χ1v) is 11.3. The number of hydrogen-bond acceptors (Lipinski definition) is 7. The zero-order valence-electron chi connectivity index (χ0n) is 18.3. The van der Waals surface area contributed by atoms with Gasteiger partial charge in [-0.3, -0.25) is 4.79 Å². The summed E-state index contributed by atoms with van der Waals surface area (Å²) in [5.41, 5.74) is -0.210. The molecule has 3 rings (SSSR count). The smallest absolute Gasteiger partial charge is 0.407 e. The van der Waals surface area contributed by atoms with Gasteiger partial charge in [-0.05, 0) is 46.2 Å². The van der Waals surface area contributed by atoms with E-state index in [0.29, 0.717) is 42.1 Å². The Morgan fingerprint density at radius 1 is 1.29 bits per heavy atom. The molecule has 0 saturated carbocycles. The molecule has 2 heterocycles. The normalized spacial score (nSPS) is 13.3. The number of thioether (sulfide) groups is 1. The summed E-state index contributed by atoms with van der Waals surface area (Å²) < 4.78 is 18.1. The first kappa shape index (κ1) is 23.0. The molecule has 1 aliphatic heterocycles. The standard InChI is InChI=1S/C22H28N2O6S/c1-5-28-20(26)16-13-24-8-6-9-29-17-12-14(11-15(18(17)24)19(16)25)31-10-7-23-21(27)30-22(2,3)4/h11-13H,5-10H2,1-4H3,(H,23,27). The van der Waals surface area contributed by atoms with Crippen LogP contribution < -0.4 is 15.5 Å². The van der Waals surface area contributed by atoms with Gasteiger partial charge >= 0.3 is 12.1 Å². The van der Waals surface area contributed by atoms with Crippen molar-refractivity contribution in [3.8, 4) is 5.75 Å². The van der Waals surface area contributed by atoms with E-state index >= 15 is 0 Å². The van der Waals surface area contributed by atoms with E-state index in [2.05, 4.69) is 5.32 Å². The summed E-state index contributed by atoms with van der Waals surface area (Å²) in [5.74, 6) is 0.574. The number of carbonyl (C=O) groups is 2. The molecule has 1 aromatic heterocycles. The minimum Gasteiger partial charge on any atom is -0.491 e. The Bertz CT molecular complexity index is 1040. The largest absolute Gasteiger partial charge is 0.491 e. The van der Waals surface area contributed by atoms with Crippen LogP contribution >= 0.6 is 11.8 Å². The third kappa shape index (κ3) is 5.72. The van der Waals surface area contributed by atoms with Crippen molar-refractivity contribution in [3.05, 3.63) is 34.1 Å². The average Bonchev–Trinajstić information content (AvgIpc) is 2.89. The molecule has 0 atom stereocenters. The van der Waals surface area contributed by atoms with Gasteiger partial charge < -0.3 is 24.1 Å². The lowest BCUT2D eigenvalue weighted by Gasteiger charge is -2.19. The Balaban J connectivity index is 1.84. The summed E-state index contributed by atoms with van der Waals surface area (Å²) >= 11 is 1.48. The summed E-state index contributed by atoms with van der Waals surface area (Å²) in [6, 6.07) is 3.67. The lowest BCUT2D eigenvalue weighted by atomic mass is 10.1. The van der Waals surface area contributed by atoms with Crippen molar-refractivity contribution in [2.75, 3.05) is 25.5 Å². The Kier molecular flexibility index (Phi) is 7.15. The van der Waals surface area contributed by atoms with Crippen LogP contribution in [-0.2, 0) is 16.0 Å². The summed E-state index contributed by atoms with van der Waals surface area (Å²) in [5, 5.41) is 3.14. The summed E-state index contributed by atoms with van der Waals surface area (Å²) in [4.78, 5) is 38.0. The zero-order valence-corrected chi connectivity index (χ0v) is 19.1. The molecular formula is C22H28N2O6S. The maximum atomic E-state index is 13.1. The lowest BCUT2D eigenvalue weighted by molar-refractivity contribution is 0.0516. The van der Waals surface area contributed by atoms with E-state index in [-0.39, 0.29) is 17.6 Å². The molecule has 0 bridgehead atoms. The zero-order chi connectivity index (χ0) is 22.6. The molecule has 9 heteroatoms.